The van der Waals surface area contributed by atoms with Crippen molar-refractivity contribution in [2.75, 3.05) is 19.6 Å². The third kappa shape index (κ3) is 4.48. The van der Waals surface area contributed by atoms with Crippen molar-refractivity contribution in [2.45, 2.75) is 51.0 Å². The summed E-state index contributed by atoms with van der Waals surface area (Å²) in [5, 5.41) is 3.40. The summed E-state index contributed by atoms with van der Waals surface area (Å²) >= 11 is 0. The van der Waals surface area contributed by atoms with Crippen LogP contribution in [0, 0.1) is 5.92 Å². The molecule has 5 nitrogen and oxygen atoms in total. The first-order chi connectivity index (χ1) is 10.8. The number of hydrogen-bond acceptors (Lipinski definition) is 3. The fourth-order valence-corrected chi connectivity index (χ4v) is 3.86. The van der Waals surface area contributed by atoms with Crippen LogP contribution in [-0.2, 0) is 11.8 Å². The summed E-state index contributed by atoms with van der Waals surface area (Å²) in [6, 6.07) is 0.0760. The van der Waals surface area contributed by atoms with Crippen LogP contribution >= 0.6 is 12.4 Å². The summed E-state index contributed by atoms with van der Waals surface area (Å²) in [5.41, 5.74) is 0. The zero-order chi connectivity index (χ0) is 15.4. The molecule has 1 aliphatic heterocycles. The zero-order valence-corrected chi connectivity index (χ0v) is 14.9. The zero-order valence-electron chi connectivity index (χ0n) is 14.0. The van der Waals surface area contributed by atoms with E-state index >= 15 is 0 Å². The van der Waals surface area contributed by atoms with Gasteiger partial charge in [-0.2, -0.15) is 0 Å². The highest BCUT2D eigenvalue weighted by molar-refractivity contribution is 5.85. The Balaban J connectivity index is 0.00000192. The largest absolute Gasteiger partial charge is 0.336 e. The van der Waals surface area contributed by atoms with E-state index in [-0.39, 0.29) is 18.4 Å². The Hall–Kier alpha value is -1.07. The predicted molar refractivity (Wildman–Crippen MR) is 93.6 cm³/mol. The van der Waals surface area contributed by atoms with Crippen molar-refractivity contribution in [3.8, 4) is 0 Å². The summed E-state index contributed by atoms with van der Waals surface area (Å²) < 4.78 is 2.03. The van der Waals surface area contributed by atoms with E-state index in [9.17, 15) is 4.79 Å². The van der Waals surface area contributed by atoms with E-state index in [0.29, 0.717) is 11.8 Å². The number of hydrogen-bond donors (Lipinski definition) is 1. The van der Waals surface area contributed by atoms with Gasteiger partial charge in [-0.15, -0.1) is 12.4 Å². The summed E-state index contributed by atoms with van der Waals surface area (Å²) in [4.78, 5) is 19.4. The van der Waals surface area contributed by atoms with Gasteiger partial charge in [0.2, 0.25) is 5.91 Å². The van der Waals surface area contributed by atoms with Gasteiger partial charge in [0.25, 0.3) is 0 Å². The number of nitrogens with one attached hydrogen (secondary N) is 1. The van der Waals surface area contributed by atoms with E-state index in [4.69, 9.17) is 0 Å². The van der Waals surface area contributed by atoms with Crippen molar-refractivity contribution in [1.29, 1.82) is 0 Å². The van der Waals surface area contributed by atoms with Crippen LogP contribution in [0.3, 0.4) is 0 Å². The average Bonchev–Trinajstić information content (AvgIpc) is 2.80. The second kappa shape index (κ2) is 8.69. The molecule has 1 saturated heterocycles. The van der Waals surface area contributed by atoms with E-state index in [1.54, 1.807) is 0 Å². The van der Waals surface area contributed by atoms with Gasteiger partial charge in [-0.05, 0) is 18.8 Å². The summed E-state index contributed by atoms with van der Waals surface area (Å²) in [6.07, 6.45) is 12.2. The number of aryl methyl sites for hydroxylation is 1. The average molecular weight is 341 g/mol. The van der Waals surface area contributed by atoms with Gasteiger partial charge in [0.15, 0.2) is 0 Å². The van der Waals surface area contributed by atoms with Gasteiger partial charge in [-0.1, -0.05) is 25.7 Å². The molecule has 1 unspecified atom stereocenters. The van der Waals surface area contributed by atoms with Gasteiger partial charge in [0, 0.05) is 45.5 Å². The van der Waals surface area contributed by atoms with Crippen molar-refractivity contribution in [3.05, 3.63) is 18.2 Å². The number of piperazine rings is 1. The Kier molecular flexibility index (Phi) is 6.90. The quantitative estimate of drug-likeness (QED) is 0.861. The molecule has 1 atom stereocenters. The SMILES string of the molecule is Cl.Cn1ccnc1C1CNCCN1C(=O)CC1CCCCCC1. The van der Waals surface area contributed by atoms with Crippen molar-refractivity contribution in [2.24, 2.45) is 13.0 Å². The number of halogens is 1. The number of carbonyl (C=O) groups excluding carboxylic acids is 1. The maximum atomic E-state index is 12.9. The van der Waals surface area contributed by atoms with Gasteiger partial charge >= 0.3 is 0 Å². The van der Waals surface area contributed by atoms with Crippen LogP contribution in [0.1, 0.15) is 56.8 Å². The van der Waals surface area contributed by atoms with E-state index in [1.807, 2.05) is 24.0 Å². The van der Waals surface area contributed by atoms with Gasteiger partial charge in [-0.3, -0.25) is 4.79 Å². The van der Waals surface area contributed by atoms with Crippen LogP contribution in [-0.4, -0.2) is 40.0 Å². The third-order valence-corrected chi connectivity index (χ3v) is 5.16. The van der Waals surface area contributed by atoms with Gasteiger partial charge in [0.05, 0.1) is 0 Å². The molecule has 2 fully saturated rings. The molecule has 6 heteroatoms. The van der Waals surface area contributed by atoms with Crippen molar-refractivity contribution in [1.82, 2.24) is 19.8 Å². The topological polar surface area (TPSA) is 50.2 Å². The number of rotatable bonds is 3. The van der Waals surface area contributed by atoms with Crippen molar-refractivity contribution < 1.29 is 4.79 Å². The molecule has 1 amide bonds. The van der Waals surface area contributed by atoms with Crippen LogP contribution in [0.4, 0.5) is 0 Å². The molecule has 23 heavy (non-hydrogen) atoms. The lowest BCUT2D eigenvalue weighted by atomic mass is 9.95. The van der Waals surface area contributed by atoms with Crippen LogP contribution in [0.25, 0.3) is 0 Å². The Bertz CT molecular complexity index is 497. The molecule has 0 bridgehead atoms. The smallest absolute Gasteiger partial charge is 0.223 e. The number of nitrogens with zero attached hydrogens (tertiary/aromatic N) is 3. The third-order valence-electron chi connectivity index (χ3n) is 5.16. The van der Waals surface area contributed by atoms with E-state index in [0.717, 1.165) is 31.9 Å². The lowest BCUT2D eigenvalue weighted by Gasteiger charge is -2.36. The molecule has 1 N–H and O–H groups in total. The predicted octanol–water partition coefficient (Wildman–Crippen LogP) is 2.68. The second-order valence-electron chi connectivity index (χ2n) is 6.77. The Morgan fingerprint density at radius 1 is 1.30 bits per heavy atom. The first-order valence-corrected chi connectivity index (χ1v) is 8.73. The second-order valence-corrected chi connectivity index (χ2v) is 6.77. The van der Waals surface area contributed by atoms with Crippen molar-refractivity contribution in [3.63, 3.8) is 0 Å². The van der Waals surface area contributed by atoms with Gasteiger partial charge < -0.3 is 14.8 Å². The Morgan fingerprint density at radius 3 is 2.70 bits per heavy atom. The summed E-state index contributed by atoms with van der Waals surface area (Å²) in [7, 11) is 2.00. The molecule has 130 valence electrons. The van der Waals surface area contributed by atoms with Crippen LogP contribution in [0.2, 0.25) is 0 Å². The highest BCUT2D eigenvalue weighted by Gasteiger charge is 2.31. The monoisotopic (exact) mass is 340 g/mol. The highest BCUT2D eigenvalue weighted by Crippen LogP contribution is 2.28. The molecule has 0 radical (unpaired) electrons. The minimum absolute atomic E-state index is 0. The fraction of sp³-hybridized carbons (Fsp3) is 0.765. The summed E-state index contributed by atoms with van der Waals surface area (Å²) in [6.45, 7) is 2.49. The van der Waals surface area contributed by atoms with Crippen LogP contribution < -0.4 is 5.32 Å². The van der Waals surface area contributed by atoms with Crippen LogP contribution in [0.15, 0.2) is 12.4 Å². The molecule has 1 aromatic rings. The molecule has 1 aromatic heterocycles. The molecule has 2 heterocycles. The van der Waals surface area contributed by atoms with Crippen molar-refractivity contribution >= 4 is 18.3 Å². The molecular weight excluding hydrogens is 312 g/mol. The molecule has 1 saturated carbocycles. The Labute approximate surface area is 145 Å². The molecular formula is C17H29ClN4O. The molecule has 2 aliphatic rings. The number of imidazole rings is 1. The van der Waals surface area contributed by atoms with Gasteiger partial charge in [-0.25, -0.2) is 4.98 Å². The molecule has 3 rings (SSSR count). The lowest BCUT2D eigenvalue weighted by Crippen LogP contribution is -2.49. The minimum Gasteiger partial charge on any atom is -0.336 e. The molecule has 0 spiro atoms. The van der Waals surface area contributed by atoms with Gasteiger partial charge in [0.1, 0.15) is 11.9 Å². The maximum Gasteiger partial charge on any atom is 0.223 e. The van der Waals surface area contributed by atoms with E-state index in [1.165, 1.54) is 38.5 Å². The fourth-order valence-electron chi connectivity index (χ4n) is 3.86. The first kappa shape index (κ1) is 18.3. The maximum absolute atomic E-state index is 12.9. The first-order valence-electron chi connectivity index (χ1n) is 8.73. The molecule has 0 aromatic carbocycles. The van der Waals surface area contributed by atoms with E-state index in [2.05, 4.69) is 15.2 Å². The summed E-state index contributed by atoms with van der Waals surface area (Å²) in [5.74, 6) is 1.90. The minimum atomic E-state index is 0. The number of carbonyl (C=O) groups is 1. The standard InChI is InChI=1S/C17H28N4O.ClH/c1-20-10-9-19-17(20)15-13-18-8-11-21(15)16(22)12-14-6-4-2-3-5-7-14;/h9-10,14-15,18H,2-8,11-13H2,1H3;1H. The normalized spacial score (nSPS) is 23.2. The van der Waals surface area contributed by atoms with Crippen LogP contribution in [0.5, 0.6) is 0 Å². The highest BCUT2D eigenvalue weighted by atomic mass is 35.5. The van der Waals surface area contributed by atoms with E-state index < -0.39 is 0 Å². The Morgan fingerprint density at radius 2 is 2.04 bits per heavy atom. The number of aromatic nitrogens is 2. The number of amides is 1. The molecule has 1 aliphatic carbocycles. The lowest BCUT2D eigenvalue weighted by molar-refractivity contribution is -0.136.